The van der Waals surface area contributed by atoms with E-state index in [9.17, 15) is 23.8 Å². The lowest BCUT2D eigenvalue weighted by Crippen LogP contribution is -2.34. The number of hydrogen-bond donors (Lipinski definition) is 3. The number of allylic oxidation sites excluding steroid dienone is 8. The van der Waals surface area contributed by atoms with E-state index in [1.807, 2.05) is 0 Å². The molecule has 0 aliphatic heterocycles. The molecule has 0 bridgehead atoms. The second-order valence-corrected chi connectivity index (χ2v) is 15.2. The van der Waals surface area contributed by atoms with Crippen LogP contribution in [0.25, 0.3) is 0 Å². The van der Waals surface area contributed by atoms with Gasteiger partial charge in [-0.1, -0.05) is 133 Å². The van der Waals surface area contributed by atoms with Crippen LogP contribution in [0.1, 0.15) is 168 Å². The molecular formula is C42H74NO10P. The maximum Gasteiger partial charge on any atom is 0.472 e. The van der Waals surface area contributed by atoms with E-state index in [2.05, 4.69) is 67.0 Å². The van der Waals surface area contributed by atoms with E-state index in [0.29, 0.717) is 12.8 Å². The fraction of sp³-hybridized carbons (Fsp3) is 0.738. The van der Waals surface area contributed by atoms with Crippen molar-refractivity contribution in [1.82, 2.24) is 0 Å². The predicted molar refractivity (Wildman–Crippen MR) is 217 cm³/mol. The summed E-state index contributed by atoms with van der Waals surface area (Å²) < 4.78 is 32.6. The van der Waals surface area contributed by atoms with Gasteiger partial charge in [-0.2, -0.15) is 0 Å². The van der Waals surface area contributed by atoms with Crippen molar-refractivity contribution < 1.29 is 47.5 Å². The van der Waals surface area contributed by atoms with E-state index in [0.717, 1.165) is 77.0 Å². The lowest BCUT2D eigenvalue weighted by molar-refractivity contribution is -0.161. The average Bonchev–Trinajstić information content (AvgIpc) is 3.14. The van der Waals surface area contributed by atoms with E-state index in [1.54, 1.807) is 0 Å². The van der Waals surface area contributed by atoms with Crippen molar-refractivity contribution in [1.29, 1.82) is 0 Å². The van der Waals surface area contributed by atoms with Crippen molar-refractivity contribution >= 4 is 25.7 Å². The lowest BCUT2D eigenvalue weighted by Gasteiger charge is -2.20. The van der Waals surface area contributed by atoms with Crippen molar-refractivity contribution in [3.8, 4) is 0 Å². The summed E-state index contributed by atoms with van der Waals surface area (Å²) in [5.41, 5.74) is 5.32. The zero-order valence-electron chi connectivity index (χ0n) is 33.6. The van der Waals surface area contributed by atoms with E-state index in [4.69, 9.17) is 24.8 Å². The third kappa shape index (κ3) is 36.4. The summed E-state index contributed by atoms with van der Waals surface area (Å²) in [6.45, 7) is 2.64. The molecular weight excluding hydrogens is 709 g/mol. The molecule has 0 aromatic heterocycles. The molecule has 11 nitrogen and oxygen atoms in total. The first-order valence-corrected chi connectivity index (χ1v) is 22.2. The molecule has 0 spiro atoms. The van der Waals surface area contributed by atoms with Crippen LogP contribution < -0.4 is 5.73 Å². The predicted octanol–water partition coefficient (Wildman–Crippen LogP) is 10.6. The molecule has 0 rings (SSSR count). The maximum absolute atomic E-state index is 12.6. The number of unbranched alkanes of at least 4 members (excludes halogenated alkanes) is 16. The van der Waals surface area contributed by atoms with Crippen LogP contribution in [0.15, 0.2) is 48.6 Å². The fourth-order valence-corrected chi connectivity index (χ4v) is 6.09. The third-order valence-corrected chi connectivity index (χ3v) is 9.51. The maximum atomic E-state index is 12.6. The second-order valence-electron chi connectivity index (χ2n) is 13.7. The normalized spacial score (nSPS) is 14.3. The highest BCUT2D eigenvalue weighted by Crippen LogP contribution is 2.43. The van der Waals surface area contributed by atoms with Crippen LogP contribution in [-0.2, 0) is 37.5 Å². The van der Waals surface area contributed by atoms with Crippen molar-refractivity contribution in [3.63, 3.8) is 0 Å². The SMILES string of the molecule is CC/C=C/C/C=C/C/C=C/CCCCCCCC(=O)O[C@H](COC(=O)CCCCC/C=C/CCCCCCCCCC)COP(=O)(O)OC[C@H](N)C(=O)O. The van der Waals surface area contributed by atoms with Crippen LogP contribution in [0.4, 0.5) is 0 Å². The van der Waals surface area contributed by atoms with E-state index < -0.39 is 51.1 Å². The zero-order chi connectivity index (χ0) is 40.0. The number of carboxylic acids is 1. The molecule has 0 aromatic carbocycles. The number of aliphatic carboxylic acids is 1. The van der Waals surface area contributed by atoms with Gasteiger partial charge in [-0.15, -0.1) is 0 Å². The van der Waals surface area contributed by atoms with Crippen molar-refractivity contribution in [2.75, 3.05) is 19.8 Å². The number of phosphoric ester groups is 1. The average molecular weight is 784 g/mol. The number of phosphoric acid groups is 1. The second kappa shape index (κ2) is 37.4. The van der Waals surface area contributed by atoms with Crippen molar-refractivity contribution in [2.24, 2.45) is 5.73 Å². The van der Waals surface area contributed by atoms with Crippen LogP contribution in [0.5, 0.6) is 0 Å². The third-order valence-electron chi connectivity index (χ3n) is 8.56. The molecule has 1 unspecified atom stereocenters. The zero-order valence-corrected chi connectivity index (χ0v) is 34.4. The molecule has 0 fully saturated rings. The summed E-state index contributed by atoms with van der Waals surface area (Å²) in [6.07, 6.45) is 40.3. The minimum absolute atomic E-state index is 0.137. The first kappa shape index (κ1) is 51.4. The molecule has 0 radical (unpaired) electrons. The molecule has 312 valence electrons. The molecule has 0 aliphatic carbocycles. The molecule has 0 heterocycles. The number of nitrogens with two attached hydrogens (primary N) is 1. The minimum atomic E-state index is -4.72. The van der Waals surface area contributed by atoms with Crippen LogP contribution in [0.2, 0.25) is 0 Å². The van der Waals surface area contributed by atoms with Crippen LogP contribution in [0.3, 0.4) is 0 Å². The number of ether oxygens (including phenoxy) is 2. The van der Waals surface area contributed by atoms with Gasteiger partial charge in [-0.25, -0.2) is 4.57 Å². The first-order chi connectivity index (χ1) is 26.1. The Kier molecular flexibility index (Phi) is 35.6. The summed E-state index contributed by atoms with van der Waals surface area (Å²) in [5, 5.41) is 8.87. The van der Waals surface area contributed by atoms with Crippen LogP contribution >= 0.6 is 7.82 Å². The summed E-state index contributed by atoms with van der Waals surface area (Å²) in [5.74, 6) is -2.42. The highest BCUT2D eigenvalue weighted by molar-refractivity contribution is 7.47. The Morgan fingerprint density at radius 3 is 1.59 bits per heavy atom. The Hall–Kier alpha value is -2.56. The van der Waals surface area contributed by atoms with Gasteiger partial charge < -0.3 is 25.2 Å². The first-order valence-electron chi connectivity index (χ1n) is 20.7. The molecule has 0 amide bonds. The Morgan fingerprint density at radius 1 is 0.593 bits per heavy atom. The van der Waals surface area contributed by atoms with Crippen molar-refractivity contribution in [2.45, 2.75) is 180 Å². The molecule has 0 saturated carbocycles. The van der Waals surface area contributed by atoms with Gasteiger partial charge in [0.25, 0.3) is 0 Å². The van der Waals surface area contributed by atoms with Gasteiger partial charge >= 0.3 is 25.7 Å². The highest BCUT2D eigenvalue weighted by Gasteiger charge is 2.28. The molecule has 0 aliphatic rings. The fourth-order valence-electron chi connectivity index (χ4n) is 5.31. The Balaban J connectivity index is 4.45. The standard InChI is InChI=1S/C42H74NO10P/c1-3-5-7-9-11-13-15-17-19-21-23-25-27-29-31-33-40(44)50-35-38(36-51-54(48,49)52-37-39(43)42(46)47)53-41(45)34-32-30-28-26-24-22-20-18-16-14-12-10-8-6-4-2/h6,8,12,14,18,20-21,23,38-39H,3-5,7,9-11,13,15-17,19,22,24-37,43H2,1-2H3,(H,46,47)(H,48,49)/b8-6+,14-12+,20-18+,23-21+/t38-,39+/m1/s1. The number of carboxylic acid groups (broad SMARTS) is 1. The minimum Gasteiger partial charge on any atom is -0.480 e. The molecule has 0 saturated heterocycles. The van der Waals surface area contributed by atoms with Gasteiger partial charge in [-0.05, 0) is 70.6 Å². The molecule has 0 aromatic rings. The number of carbonyl (C=O) groups excluding carboxylic acids is 2. The van der Waals surface area contributed by atoms with Crippen LogP contribution in [0, 0.1) is 0 Å². The number of hydrogen-bond acceptors (Lipinski definition) is 9. The largest absolute Gasteiger partial charge is 0.480 e. The summed E-state index contributed by atoms with van der Waals surface area (Å²) in [6, 6.07) is -1.53. The van der Waals surface area contributed by atoms with Crippen LogP contribution in [-0.4, -0.2) is 59.9 Å². The highest BCUT2D eigenvalue weighted by atomic mass is 31.2. The Labute approximate surface area is 326 Å². The molecule has 12 heteroatoms. The number of rotatable bonds is 38. The van der Waals surface area contributed by atoms with Gasteiger partial charge in [0.2, 0.25) is 0 Å². The Bertz CT molecular complexity index is 1110. The Morgan fingerprint density at radius 2 is 1.04 bits per heavy atom. The topological polar surface area (TPSA) is 172 Å². The summed E-state index contributed by atoms with van der Waals surface area (Å²) in [4.78, 5) is 45.9. The molecule has 3 atom stereocenters. The monoisotopic (exact) mass is 784 g/mol. The summed E-state index contributed by atoms with van der Waals surface area (Å²) >= 11 is 0. The molecule has 54 heavy (non-hydrogen) atoms. The van der Waals surface area contributed by atoms with E-state index in [1.165, 1.54) is 51.4 Å². The van der Waals surface area contributed by atoms with Gasteiger partial charge in [0, 0.05) is 12.8 Å². The summed E-state index contributed by atoms with van der Waals surface area (Å²) in [7, 11) is -4.72. The van der Waals surface area contributed by atoms with Gasteiger partial charge in [0.05, 0.1) is 13.2 Å². The van der Waals surface area contributed by atoms with Gasteiger partial charge in [0.15, 0.2) is 6.10 Å². The van der Waals surface area contributed by atoms with E-state index >= 15 is 0 Å². The number of esters is 2. The smallest absolute Gasteiger partial charge is 0.472 e. The van der Waals surface area contributed by atoms with Gasteiger partial charge in [0.1, 0.15) is 12.6 Å². The lowest BCUT2D eigenvalue weighted by atomic mass is 10.1. The molecule has 4 N–H and O–H groups in total. The van der Waals surface area contributed by atoms with E-state index in [-0.39, 0.29) is 19.4 Å². The number of carbonyl (C=O) groups is 3. The van der Waals surface area contributed by atoms with Gasteiger partial charge in [-0.3, -0.25) is 23.4 Å². The quantitative estimate of drug-likeness (QED) is 0.0235. The van der Waals surface area contributed by atoms with Crippen molar-refractivity contribution in [3.05, 3.63) is 48.6 Å².